The highest BCUT2D eigenvalue weighted by atomic mass is 16.4. The second kappa shape index (κ2) is 4.48. The summed E-state index contributed by atoms with van der Waals surface area (Å²) in [6.45, 7) is 0.684. The average molecular weight is 198 g/mol. The van der Waals surface area contributed by atoms with E-state index in [-0.39, 0.29) is 6.04 Å². The summed E-state index contributed by atoms with van der Waals surface area (Å²) in [5, 5.41) is 11.9. The third-order valence-electron chi connectivity index (χ3n) is 2.15. The first-order chi connectivity index (χ1) is 6.65. The van der Waals surface area contributed by atoms with Gasteiger partial charge in [-0.1, -0.05) is 5.11 Å². The topological polar surface area (TPSA) is 106 Å². The number of carboxylic acid groups (broad SMARTS) is 1. The maximum atomic E-state index is 11.0. The second-order valence-corrected chi connectivity index (χ2v) is 3.03. The Balaban J connectivity index is 2.47. The van der Waals surface area contributed by atoms with Gasteiger partial charge in [-0.25, -0.2) is 4.79 Å². The summed E-state index contributed by atoms with van der Waals surface area (Å²) < 4.78 is 0. The molecular weight excluding hydrogens is 188 g/mol. The predicted octanol–water partition coefficient (Wildman–Crippen LogP) is 0.372. The molecule has 1 N–H and O–H groups in total. The first-order valence-electron chi connectivity index (χ1n) is 4.21. The van der Waals surface area contributed by atoms with Crippen molar-refractivity contribution in [3.63, 3.8) is 0 Å². The number of carboxylic acids is 1. The van der Waals surface area contributed by atoms with E-state index in [1.807, 2.05) is 0 Å². The monoisotopic (exact) mass is 198 g/mol. The maximum Gasteiger partial charge on any atom is 0.394 e. The molecule has 7 nitrogen and oxygen atoms in total. The van der Waals surface area contributed by atoms with Gasteiger partial charge in [0.05, 0.1) is 0 Å². The molecule has 0 saturated carbocycles. The minimum atomic E-state index is -1.44. The molecule has 76 valence electrons. The van der Waals surface area contributed by atoms with Gasteiger partial charge in [-0.2, -0.15) is 0 Å². The summed E-state index contributed by atoms with van der Waals surface area (Å²) in [6, 6.07) is -0.113. The predicted molar refractivity (Wildman–Crippen MR) is 46.4 cm³/mol. The molecule has 1 fully saturated rings. The van der Waals surface area contributed by atoms with Crippen LogP contribution in [0.3, 0.4) is 0 Å². The Morgan fingerprint density at radius 3 is 2.43 bits per heavy atom. The lowest BCUT2D eigenvalue weighted by Crippen LogP contribution is -2.42. The highest BCUT2D eigenvalue weighted by Gasteiger charge is 2.25. The minimum Gasteiger partial charge on any atom is -0.474 e. The third-order valence-corrected chi connectivity index (χ3v) is 2.15. The summed E-state index contributed by atoms with van der Waals surface area (Å²) in [7, 11) is 0. The summed E-state index contributed by atoms with van der Waals surface area (Å²) in [5.74, 6) is -2.32. The first kappa shape index (κ1) is 10.3. The third kappa shape index (κ3) is 2.37. The smallest absolute Gasteiger partial charge is 0.394 e. The number of piperidine rings is 1. The number of nitrogens with zero attached hydrogens (tertiary/aromatic N) is 4. The van der Waals surface area contributed by atoms with Gasteiger partial charge >= 0.3 is 11.9 Å². The highest BCUT2D eigenvalue weighted by Crippen LogP contribution is 2.13. The summed E-state index contributed by atoms with van der Waals surface area (Å²) >= 11 is 0. The van der Waals surface area contributed by atoms with E-state index in [1.165, 1.54) is 4.90 Å². The average Bonchev–Trinajstić information content (AvgIpc) is 2.18. The zero-order chi connectivity index (χ0) is 10.6. The lowest BCUT2D eigenvalue weighted by Gasteiger charge is -2.28. The molecule has 0 unspecified atom stereocenters. The number of azide groups is 1. The van der Waals surface area contributed by atoms with Gasteiger partial charge < -0.3 is 10.0 Å². The lowest BCUT2D eigenvalue weighted by molar-refractivity contribution is -0.156. The molecule has 1 aliphatic heterocycles. The molecule has 0 aromatic carbocycles. The summed E-state index contributed by atoms with van der Waals surface area (Å²) in [4.78, 5) is 25.2. The Morgan fingerprint density at radius 1 is 1.43 bits per heavy atom. The number of hydrogen-bond donors (Lipinski definition) is 1. The van der Waals surface area contributed by atoms with Crippen molar-refractivity contribution >= 4 is 11.9 Å². The van der Waals surface area contributed by atoms with Crippen LogP contribution in [-0.4, -0.2) is 41.0 Å². The Hall–Kier alpha value is -1.75. The fourth-order valence-corrected chi connectivity index (χ4v) is 1.39. The van der Waals surface area contributed by atoms with Crippen LogP contribution in [0, 0.1) is 0 Å². The molecule has 1 rings (SSSR count). The van der Waals surface area contributed by atoms with Crippen LogP contribution >= 0.6 is 0 Å². The molecule has 0 aromatic heterocycles. The fourth-order valence-electron chi connectivity index (χ4n) is 1.39. The van der Waals surface area contributed by atoms with Crippen molar-refractivity contribution < 1.29 is 14.7 Å². The summed E-state index contributed by atoms with van der Waals surface area (Å²) in [5.41, 5.74) is 8.17. The Kier molecular flexibility index (Phi) is 3.30. The van der Waals surface area contributed by atoms with Gasteiger partial charge in [0.15, 0.2) is 0 Å². The number of hydrogen-bond acceptors (Lipinski definition) is 3. The molecule has 0 aromatic rings. The zero-order valence-electron chi connectivity index (χ0n) is 7.46. The maximum absolute atomic E-state index is 11.0. The number of likely N-dealkylation sites (tertiary alicyclic amines) is 1. The minimum absolute atomic E-state index is 0.113. The molecule has 1 aliphatic rings. The molecule has 7 heteroatoms. The Morgan fingerprint density at radius 2 is 2.00 bits per heavy atom. The Bertz CT molecular complexity index is 289. The van der Waals surface area contributed by atoms with Gasteiger partial charge in [-0.05, 0) is 18.4 Å². The van der Waals surface area contributed by atoms with Gasteiger partial charge in [0, 0.05) is 24.0 Å². The molecule has 0 atom stereocenters. The van der Waals surface area contributed by atoms with E-state index in [9.17, 15) is 9.59 Å². The van der Waals surface area contributed by atoms with Gasteiger partial charge in [0.1, 0.15) is 0 Å². The van der Waals surface area contributed by atoms with Crippen molar-refractivity contribution in [1.29, 1.82) is 0 Å². The number of amides is 1. The van der Waals surface area contributed by atoms with Gasteiger partial charge in [-0.3, -0.25) is 4.79 Å². The molecule has 0 aliphatic carbocycles. The molecule has 1 saturated heterocycles. The van der Waals surface area contributed by atoms with Crippen LogP contribution in [0.15, 0.2) is 5.11 Å². The molecule has 0 radical (unpaired) electrons. The van der Waals surface area contributed by atoms with Crippen LogP contribution < -0.4 is 0 Å². The van der Waals surface area contributed by atoms with E-state index in [4.69, 9.17) is 10.6 Å². The van der Waals surface area contributed by atoms with Gasteiger partial charge in [0.2, 0.25) is 0 Å². The van der Waals surface area contributed by atoms with Crippen LogP contribution in [-0.2, 0) is 9.59 Å². The fraction of sp³-hybridized carbons (Fsp3) is 0.714. The van der Waals surface area contributed by atoms with Crippen molar-refractivity contribution in [3.05, 3.63) is 10.4 Å². The normalized spacial score (nSPS) is 17.3. The SMILES string of the molecule is [N-]=[N+]=NC1CCN(C(=O)C(=O)O)CC1. The molecule has 1 amide bonds. The van der Waals surface area contributed by atoms with Crippen molar-refractivity contribution in [1.82, 2.24) is 4.90 Å². The number of rotatable bonds is 1. The molecule has 1 heterocycles. The summed E-state index contributed by atoms with van der Waals surface area (Å²) in [6.07, 6.45) is 1.06. The lowest BCUT2D eigenvalue weighted by atomic mass is 10.1. The largest absolute Gasteiger partial charge is 0.474 e. The molecule has 14 heavy (non-hydrogen) atoms. The first-order valence-corrected chi connectivity index (χ1v) is 4.21. The molecule has 0 bridgehead atoms. The van der Waals surface area contributed by atoms with Crippen molar-refractivity contribution in [3.8, 4) is 0 Å². The molecular formula is C7H10N4O3. The zero-order valence-corrected chi connectivity index (χ0v) is 7.46. The van der Waals surface area contributed by atoms with E-state index in [0.29, 0.717) is 25.9 Å². The van der Waals surface area contributed by atoms with Crippen LogP contribution in [0.4, 0.5) is 0 Å². The van der Waals surface area contributed by atoms with Gasteiger partial charge in [0.25, 0.3) is 0 Å². The van der Waals surface area contributed by atoms with E-state index in [0.717, 1.165) is 0 Å². The van der Waals surface area contributed by atoms with E-state index in [2.05, 4.69) is 10.0 Å². The molecule has 0 spiro atoms. The van der Waals surface area contributed by atoms with E-state index in [1.54, 1.807) is 0 Å². The van der Waals surface area contributed by atoms with Crippen LogP contribution in [0.2, 0.25) is 0 Å². The second-order valence-electron chi connectivity index (χ2n) is 3.03. The number of carbonyl (C=O) groups excluding carboxylic acids is 1. The van der Waals surface area contributed by atoms with Crippen molar-refractivity contribution in [2.45, 2.75) is 18.9 Å². The van der Waals surface area contributed by atoms with Crippen molar-refractivity contribution in [2.24, 2.45) is 5.11 Å². The standard InChI is InChI=1S/C7H10N4O3/c8-10-9-5-1-3-11(4-2-5)6(12)7(13)14/h5H,1-4H2,(H,13,14). The number of carbonyl (C=O) groups is 2. The quantitative estimate of drug-likeness (QED) is 0.284. The van der Waals surface area contributed by atoms with Crippen LogP contribution in [0.5, 0.6) is 0 Å². The van der Waals surface area contributed by atoms with E-state index < -0.39 is 11.9 Å². The van der Waals surface area contributed by atoms with Crippen molar-refractivity contribution in [2.75, 3.05) is 13.1 Å². The Labute approximate surface area is 79.9 Å². The number of aliphatic carboxylic acids is 1. The van der Waals surface area contributed by atoms with E-state index >= 15 is 0 Å². The van der Waals surface area contributed by atoms with Crippen LogP contribution in [0.1, 0.15) is 12.8 Å². The van der Waals surface area contributed by atoms with Gasteiger partial charge in [-0.15, -0.1) is 0 Å². The highest BCUT2D eigenvalue weighted by molar-refractivity contribution is 6.31. The van der Waals surface area contributed by atoms with Crippen LogP contribution in [0.25, 0.3) is 10.4 Å².